The Morgan fingerprint density at radius 2 is 1.79 bits per heavy atom. The van der Waals surface area contributed by atoms with Crippen LogP contribution in [0.5, 0.6) is 11.5 Å². The predicted molar refractivity (Wildman–Crippen MR) is 94.3 cm³/mol. The zero-order valence-electron chi connectivity index (χ0n) is 14.2. The van der Waals surface area contributed by atoms with Gasteiger partial charge in [0.1, 0.15) is 5.75 Å². The van der Waals surface area contributed by atoms with Gasteiger partial charge in [0.05, 0.1) is 0 Å². The number of halogens is 1. The van der Waals surface area contributed by atoms with Gasteiger partial charge in [-0.25, -0.2) is 4.39 Å². The lowest BCUT2D eigenvalue weighted by atomic mass is 9.91. The second-order valence-corrected chi connectivity index (χ2v) is 7.09. The molecule has 24 heavy (non-hydrogen) atoms. The maximum absolute atomic E-state index is 14.0. The van der Waals surface area contributed by atoms with Crippen LogP contribution in [0.3, 0.4) is 0 Å². The first kappa shape index (κ1) is 15.6. The van der Waals surface area contributed by atoms with E-state index in [2.05, 4.69) is 17.0 Å². The molecule has 126 valence electrons. The number of hydrogen-bond acceptors (Lipinski definition) is 2. The standard InChI is InChI=1S/C21H24FNO/c1-15-5-8-21(20(22)13-15)24-19-7-6-16-9-11-23(18-3-2-4-18)12-10-17(16)14-19/h5-8,13-14,18H,2-4,9-12H2,1H3. The Balaban J connectivity index is 1.50. The Hall–Kier alpha value is -1.87. The summed E-state index contributed by atoms with van der Waals surface area (Å²) in [5, 5.41) is 0. The number of benzene rings is 2. The molecule has 0 unspecified atom stereocenters. The molecule has 1 saturated carbocycles. The van der Waals surface area contributed by atoms with Crippen molar-refractivity contribution in [2.24, 2.45) is 0 Å². The van der Waals surface area contributed by atoms with Gasteiger partial charge >= 0.3 is 0 Å². The van der Waals surface area contributed by atoms with Crippen LogP contribution in [-0.2, 0) is 12.8 Å². The molecular formula is C21H24FNO. The van der Waals surface area contributed by atoms with Crippen LogP contribution in [0.15, 0.2) is 36.4 Å². The normalized spacial score (nSPS) is 18.6. The van der Waals surface area contributed by atoms with Crippen LogP contribution in [0.25, 0.3) is 0 Å². The Morgan fingerprint density at radius 1 is 1.00 bits per heavy atom. The van der Waals surface area contributed by atoms with Crippen LogP contribution in [-0.4, -0.2) is 24.0 Å². The van der Waals surface area contributed by atoms with E-state index in [1.54, 1.807) is 6.07 Å². The van der Waals surface area contributed by atoms with E-state index in [9.17, 15) is 4.39 Å². The number of fused-ring (bicyclic) bond motifs is 1. The van der Waals surface area contributed by atoms with Crippen molar-refractivity contribution in [3.05, 3.63) is 58.9 Å². The van der Waals surface area contributed by atoms with E-state index in [-0.39, 0.29) is 5.82 Å². The quantitative estimate of drug-likeness (QED) is 0.797. The predicted octanol–water partition coefficient (Wildman–Crippen LogP) is 4.88. The minimum absolute atomic E-state index is 0.297. The average molecular weight is 325 g/mol. The van der Waals surface area contributed by atoms with Crippen molar-refractivity contribution in [3.63, 3.8) is 0 Å². The Bertz CT molecular complexity index is 739. The molecule has 2 aromatic rings. The fourth-order valence-corrected chi connectivity index (χ4v) is 3.71. The van der Waals surface area contributed by atoms with Gasteiger partial charge in [-0.2, -0.15) is 0 Å². The van der Waals surface area contributed by atoms with Gasteiger partial charge in [-0.3, -0.25) is 4.90 Å². The van der Waals surface area contributed by atoms with Gasteiger partial charge in [-0.15, -0.1) is 0 Å². The summed E-state index contributed by atoms with van der Waals surface area (Å²) in [6.45, 7) is 4.16. The third kappa shape index (κ3) is 3.18. The third-order valence-electron chi connectivity index (χ3n) is 5.42. The molecule has 2 aliphatic rings. The topological polar surface area (TPSA) is 12.5 Å². The fraction of sp³-hybridized carbons (Fsp3) is 0.429. The largest absolute Gasteiger partial charge is 0.454 e. The highest BCUT2D eigenvalue weighted by atomic mass is 19.1. The van der Waals surface area contributed by atoms with E-state index in [4.69, 9.17) is 4.74 Å². The Labute approximate surface area is 143 Å². The highest BCUT2D eigenvalue weighted by Gasteiger charge is 2.26. The van der Waals surface area contributed by atoms with Crippen LogP contribution in [0.1, 0.15) is 36.0 Å². The van der Waals surface area contributed by atoms with Crippen LogP contribution in [0.4, 0.5) is 4.39 Å². The van der Waals surface area contributed by atoms with Gasteiger partial charge in [0, 0.05) is 19.1 Å². The van der Waals surface area contributed by atoms with Crippen LogP contribution in [0.2, 0.25) is 0 Å². The summed E-state index contributed by atoms with van der Waals surface area (Å²) in [4.78, 5) is 2.64. The van der Waals surface area contributed by atoms with E-state index in [0.717, 1.165) is 43.3 Å². The Kier molecular flexibility index (Phi) is 4.28. The van der Waals surface area contributed by atoms with E-state index < -0.39 is 0 Å². The van der Waals surface area contributed by atoms with Gasteiger partial charge in [0.15, 0.2) is 11.6 Å². The van der Waals surface area contributed by atoms with Crippen molar-refractivity contribution < 1.29 is 9.13 Å². The first-order chi connectivity index (χ1) is 11.7. The molecule has 0 aromatic heterocycles. The maximum Gasteiger partial charge on any atom is 0.165 e. The van der Waals surface area contributed by atoms with Crippen molar-refractivity contribution >= 4 is 0 Å². The van der Waals surface area contributed by atoms with Gasteiger partial charge in [0.25, 0.3) is 0 Å². The molecule has 0 spiro atoms. The second kappa shape index (κ2) is 6.56. The SMILES string of the molecule is Cc1ccc(Oc2ccc3c(c2)CCN(C2CCC2)CC3)c(F)c1. The summed E-state index contributed by atoms with van der Waals surface area (Å²) < 4.78 is 19.8. The summed E-state index contributed by atoms with van der Waals surface area (Å²) in [6.07, 6.45) is 6.26. The maximum atomic E-state index is 14.0. The molecule has 0 atom stereocenters. The summed E-state index contributed by atoms with van der Waals surface area (Å²) in [6, 6.07) is 12.1. The molecule has 1 heterocycles. The molecule has 2 aromatic carbocycles. The lowest BCUT2D eigenvalue weighted by Crippen LogP contribution is -2.41. The van der Waals surface area contributed by atoms with Crippen LogP contribution >= 0.6 is 0 Å². The number of ether oxygens (including phenoxy) is 1. The molecule has 4 rings (SSSR count). The van der Waals surface area contributed by atoms with Crippen molar-refractivity contribution in [3.8, 4) is 11.5 Å². The number of aryl methyl sites for hydroxylation is 1. The zero-order chi connectivity index (χ0) is 16.5. The molecule has 2 nitrogen and oxygen atoms in total. The molecule has 0 saturated heterocycles. The molecule has 3 heteroatoms. The molecule has 0 bridgehead atoms. The monoisotopic (exact) mass is 325 g/mol. The molecule has 0 radical (unpaired) electrons. The minimum atomic E-state index is -0.305. The average Bonchev–Trinajstić information content (AvgIpc) is 2.71. The summed E-state index contributed by atoms with van der Waals surface area (Å²) in [7, 11) is 0. The van der Waals surface area contributed by atoms with E-state index in [0.29, 0.717) is 5.75 Å². The van der Waals surface area contributed by atoms with Crippen molar-refractivity contribution in [1.82, 2.24) is 4.90 Å². The number of rotatable bonds is 3. The smallest absolute Gasteiger partial charge is 0.165 e. The second-order valence-electron chi connectivity index (χ2n) is 7.09. The molecule has 0 N–H and O–H groups in total. The number of nitrogens with zero attached hydrogens (tertiary/aromatic N) is 1. The number of hydrogen-bond donors (Lipinski definition) is 0. The van der Waals surface area contributed by atoms with Gasteiger partial charge in [0.2, 0.25) is 0 Å². The molecule has 1 aliphatic carbocycles. The summed E-state index contributed by atoms with van der Waals surface area (Å²) >= 11 is 0. The molecule has 1 aliphatic heterocycles. The van der Waals surface area contributed by atoms with E-state index in [1.807, 2.05) is 19.1 Å². The van der Waals surface area contributed by atoms with E-state index >= 15 is 0 Å². The summed E-state index contributed by atoms with van der Waals surface area (Å²) in [5.41, 5.74) is 3.66. The van der Waals surface area contributed by atoms with Gasteiger partial charge in [-0.05, 0) is 73.6 Å². The first-order valence-electron chi connectivity index (χ1n) is 8.99. The van der Waals surface area contributed by atoms with Crippen molar-refractivity contribution in [1.29, 1.82) is 0 Å². The Morgan fingerprint density at radius 3 is 2.50 bits per heavy atom. The minimum Gasteiger partial charge on any atom is -0.454 e. The summed E-state index contributed by atoms with van der Waals surface area (Å²) in [5.74, 6) is 0.722. The first-order valence-corrected chi connectivity index (χ1v) is 8.99. The fourth-order valence-electron chi connectivity index (χ4n) is 3.71. The lowest BCUT2D eigenvalue weighted by molar-refractivity contribution is 0.133. The van der Waals surface area contributed by atoms with Crippen LogP contribution < -0.4 is 4.74 Å². The lowest BCUT2D eigenvalue weighted by Gasteiger charge is -2.36. The van der Waals surface area contributed by atoms with E-state index in [1.165, 1.54) is 36.5 Å². The molecule has 1 fully saturated rings. The van der Waals surface area contributed by atoms with Crippen molar-refractivity contribution in [2.45, 2.75) is 45.1 Å². The highest BCUT2D eigenvalue weighted by molar-refractivity contribution is 5.40. The highest BCUT2D eigenvalue weighted by Crippen LogP contribution is 2.30. The van der Waals surface area contributed by atoms with Gasteiger partial charge in [-0.1, -0.05) is 18.6 Å². The molecule has 0 amide bonds. The zero-order valence-corrected chi connectivity index (χ0v) is 14.2. The van der Waals surface area contributed by atoms with Crippen LogP contribution in [0, 0.1) is 12.7 Å². The molecular weight excluding hydrogens is 301 g/mol. The van der Waals surface area contributed by atoms with Gasteiger partial charge < -0.3 is 4.74 Å². The third-order valence-corrected chi connectivity index (χ3v) is 5.42. The van der Waals surface area contributed by atoms with Crippen molar-refractivity contribution in [2.75, 3.05) is 13.1 Å².